The van der Waals surface area contributed by atoms with Gasteiger partial charge < -0.3 is 15.1 Å². The summed E-state index contributed by atoms with van der Waals surface area (Å²) < 4.78 is 0. The molecule has 0 aromatic heterocycles. The molecule has 146 valence electrons. The second kappa shape index (κ2) is 11.0. The summed E-state index contributed by atoms with van der Waals surface area (Å²) in [4.78, 5) is 9.73. The van der Waals surface area contributed by atoms with E-state index in [2.05, 4.69) is 27.0 Å². The van der Waals surface area contributed by atoms with Crippen molar-refractivity contribution in [2.24, 2.45) is 22.7 Å². The van der Waals surface area contributed by atoms with Gasteiger partial charge in [0.15, 0.2) is 5.96 Å². The van der Waals surface area contributed by atoms with Crippen LogP contribution in [0.4, 0.5) is 0 Å². The summed E-state index contributed by atoms with van der Waals surface area (Å²) in [6.45, 7) is 9.83. The second-order valence-corrected chi connectivity index (χ2v) is 8.44. The molecule has 2 aliphatic heterocycles. The van der Waals surface area contributed by atoms with Crippen LogP contribution in [0.2, 0.25) is 0 Å². The Balaban J connectivity index is 0.00000225. The van der Waals surface area contributed by atoms with Crippen LogP contribution >= 0.6 is 24.0 Å². The number of fused-ring (bicyclic) bond motifs is 1. The van der Waals surface area contributed by atoms with E-state index >= 15 is 0 Å². The summed E-state index contributed by atoms with van der Waals surface area (Å²) >= 11 is 0. The number of aliphatic imine (C=N–C) groups is 1. The molecule has 3 fully saturated rings. The summed E-state index contributed by atoms with van der Waals surface area (Å²) in [5, 5.41) is 3.62. The van der Waals surface area contributed by atoms with Gasteiger partial charge in [-0.1, -0.05) is 19.8 Å². The highest BCUT2D eigenvalue weighted by molar-refractivity contribution is 14.0. The zero-order valence-electron chi connectivity index (χ0n) is 16.4. The lowest BCUT2D eigenvalue weighted by molar-refractivity contribution is 0.181. The van der Waals surface area contributed by atoms with Crippen LogP contribution in [0.3, 0.4) is 0 Å². The first-order chi connectivity index (χ1) is 11.8. The quantitative estimate of drug-likeness (QED) is 0.292. The first-order valence-electron chi connectivity index (χ1n) is 10.4. The zero-order chi connectivity index (χ0) is 16.8. The Morgan fingerprint density at radius 2 is 1.72 bits per heavy atom. The van der Waals surface area contributed by atoms with E-state index in [1.807, 2.05) is 7.05 Å². The molecule has 0 radical (unpaired) electrons. The van der Waals surface area contributed by atoms with Crippen LogP contribution < -0.4 is 5.32 Å². The summed E-state index contributed by atoms with van der Waals surface area (Å²) in [6, 6.07) is 0. The van der Waals surface area contributed by atoms with E-state index < -0.39 is 0 Å². The molecule has 4 nitrogen and oxygen atoms in total. The van der Waals surface area contributed by atoms with Gasteiger partial charge in [0.1, 0.15) is 0 Å². The molecule has 3 unspecified atom stereocenters. The predicted molar refractivity (Wildman–Crippen MR) is 118 cm³/mol. The molecule has 2 saturated heterocycles. The molecule has 25 heavy (non-hydrogen) atoms. The lowest BCUT2D eigenvalue weighted by Gasteiger charge is -2.30. The van der Waals surface area contributed by atoms with E-state index in [-0.39, 0.29) is 24.0 Å². The van der Waals surface area contributed by atoms with Gasteiger partial charge in [-0.05, 0) is 69.4 Å². The van der Waals surface area contributed by atoms with Gasteiger partial charge in [0.25, 0.3) is 0 Å². The van der Waals surface area contributed by atoms with Crippen molar-refractivity contribution in [2.45, 2.75) is 58.3 Å². The molecule has 0 spiro atoms. The summed E-state index contributed by atoms with van der Waals surface area (Å²) in [5.74, 6) is 3.90. The van der Waals surface area contributed by atoms with Crippen molar-refractivity contribution in [1.82, 2.24) is 15.1 Å². The fraction of sp³-hybridized carbons (Fsp3) is 0.950. The van der Waals surface area contributed by atoms with Gasteiger partial charge in [0, 0.05) is 33.2 Å². The van der Waals surface area contributed by atoms with E-state index in [1.165, 1.54) is 84.1 Å². The van der Waals surface area contributed by atoms with Crippen LogP contribution in [-0.4, -0.2) is 62.1 Å². The van der Waals surface area contributed by atoms with E-state index in [0.717, 1.165) is 30.3 Å². The van der Waals surface area contributed by atoms with Crippen molar-refractivity contribution in [3.8, 4) is 0 Å². The number of unbranched alkanes of at least 4 members (excludes halogenated alkanes) is 1. The smallest absolute Gasteiger partial charge is 0.193 e. The topological polar surface area (TPSA) is 30.9 Å². The van der Waals surface area contributed by atoms with Crippen molar-refractivity contribution in [3.63, 3.8) is 0 Å². The third kappa shape index (κ3) is 6.26. The Kier molecular flexibility index (Phi) is 9.31. The highest BCUT2D eigenvalue weighted by atomic mass is 127. The molecule has 0 bridgehead atoms. The SMILES string of the molecule is CN=C(NCCCCN1CCCC(C)C1)N1CC2CCCCC2C1.I. The molecule has 1 N–H and O–H groups in total. The minimum atomic E-state index is 0. The summed E-state index contributed by atoms with van der Waals surface area (Å²) in [5.41, 5.74) is 0. The second-order valence-electron chi connectivity index (χ2n) is 8.44. The molecular weight excluding hydrogens is 423 g/mol. The molecule has 2 heterocycles. The highest BCUT2D eigenvalue weighted by Crippen LogP contribution is 2.35. The maximum atomic E-state index is 4.55. The number of likely N-dealkylation sites (tertiary alicyclic amines) is 2. The van der Waals surface area contributed by atoms with E-state index in [0.29, 0.717) is 0 Å². The van der Waals surface area contributed by atoms with Crippen molar-refractivity contribution < 1.29 is 0 Å². The normalized spacial score (nSPS) is 30.7. The summed E-state index contributed by atoms with van der Waals surface area (Å²) in [6.07, 6.45) is 11.1. The number of hydrogen-bond acceptors (Lipinski definition) is 2. The molecule has 0 amide bonds. The molecule has 5 heteroatoms. The molecule has 3 rings (SSSR count). The Morgan fingerprint density at radius 3 is 2.36 bits per heavy atom. The van der Waals surface area contributed by atoms with Gasteiger partial charge in [-0.2, -0.15) is 0 Å². The van der Waals surface area contributed by atoms with Crippen LogP contribution in [0.5, 0.6) is 0 Å². The number of hydrogen-bond donors (Lipinski definition) is 1. The number of piperidine rings is 1. The van der Waals surface area contributed by atoms with Crippen molar-refractivity contribution in [2.75, 3.05) is 46.3 Å². The molecule has 1 saturated carbocycles. The Morgan fingerprint density at radius 1 is 1.00 bits per heavy atom. The maximum absolute atomic E-state index is 4.55. The van der Waals surface area contributed by atoms with Crippen molar-refractivity contribution >= 4 is 29.9 Å². The van der Waals surface area contributed by atoms with Crippen LogP contribution in [0.25, 0.3) is 0 Å². The highest BCUT2D eigenvalue weighted by Gasteiger charge is 2.35. The minimum absolute atomic E-state index is 0. The number of nitrogens with one attached hydrogen (secondary N) is 1. The fourth-order valence-corrected chi connectivity index (χ4v) is 5.06. The standard InChI is InChI=1S/C20H38N4.HI/c1-17-8-7-13-23(14-17)12-6-5-11-22-20(21-2)24-15-18-9-3-4-10-19(18)16-24;/h17-19H,3-16H2,1-2H3,(H,21,22);1H. The van der Waals surface area contributed by atoms with Gasteiger partial charge in [0.05, 0.1) is 0 Å². The lowest BCUT2D eigenvalue weighted by Crippen LogP contribution is -2.41. The van der Waals surface area contributed by atoms with Crippen LogP contribution in [0.1, 0.15) is 58.3 Å². The van der Waals surface area contributed by atoms with E-state index in [1.54, 1.807) is 0 Å². The fourth-order valence-electron chi connectivity index (χ4n) is 5.06. The number of halogens is 1. The zero-order valence-corrected chi connectivity index (χ0v) is 18.7. The average Bonchev–Trinajstić information content (AvgIpc) is 3.02. The lowest BCUT2D eigenvalue weighted by atomic mass is 9.82. The molecule has 0 aromatic rings. The van der Waals surface area contributed by atoms with Crippen LogP contribution in [0, 0.1) is 17.8 Å². The number of guanidine groups is 1. The molecule has 3 atom stereocenters. The number of rotatable bonds is 5. The van der Waals surface area contributed by atoms with E-state index in [9.17, 15) is 0 Å². The van der Waals surface area contributed by atoms with Gasteiger partial charge in [-0.25, -0.2) is 0 Å². The maximum Gasteiger partial charge on any atom is 0.193 e. The molecule has 0 aromatic carbocycles. The third-order valence-electron chi connectivity index (χ3n) is 6.41. The van der Waals surface area contributed by atoms with Crippen molar-refractivity contribution in [1.29, 1.82) is 0 Å². The monoisotopic (exact) mass is 462 g/mol. The Labute approximate surface area is 172 Å². The molecular formula is C20H39IN4. The van der Waals surface area contributed by atoms with Gasteiger partial charge >= 0.3 is 0 Å². The van der Waals surface area contributed by atoms with Crippen molar-refractivity contribution in [3.05, 3.63) is 0 Å². The number of nitrogens with zero attached hydrogens (tertiary/aromatic N) is 3. The van der Waals surface area contributed by atoms with Gasteiger partial charge in [0.2, 0.25) is 0 Å². The Hall–Kier alpha value is -0.0400. The molecule has 1 aliphatic carbocycles. The van der Waals surface area contributed by atoms with Crippen LogP contribution in [-0.2, 0) is 0 Å². The summed E-state index contributed by atoms with van der Waals surface area (Å²) in [7, 11) is 1.94. The molecule has 3 aliphatic rings. The third-order valence-corrected chi connectivity index (χ3v) is 6.41. The van der Waals surface area contributed by atoms with Gasteiger partial charge in [-0.15, -0.1) is 24.0 Å². The largest absolute Gasteiger partial charge is 0.356 e. The van der Waals surface area contributed by atoms with E-state index in [4.69, 9.17) is 0 Å². The van der Waals surface area contributed by atoms with Gasteiger partial charge in [-0.3, -0.25) is 4.99 Å². The average molecular weight is 462 g/mol. The first-order valence-corrected chi connectivity index (χ1v) is 10.4. The first kappa shape index (κ1) is 21.3. The Bertz CT molecular complexity index is 401. The predicted octanol–water partition coefficient (Wildman–Crippen LogP) is 3.81. The minimum Gasteiger partial charge on any atom is -0.356 e. The van der Waals surface area contributed by atoms with Crippen LogP contribution in [0.15, 0.2) is 4.99 Å².